The number of rotatable bonds is 4. The minimum absolute atomic E-state index is 0.0221. The molecule has 1 radical (unpaired) electrons. The second kappa shape index (κ2) is 5.47. The molecule has 1 amide bonds. The van der Waals surface area contributed by atoms with Gasteiger partial charge in [0.05, 0.1) is 13.0 Å². The molecule has 0 aliphatic rings. The molecule has 81 valence electrons. The molecule has 0 bridgehead atoms. The number of carbonyl (C=O) groups is 2. The van der Waals surface area contributed by atoms with Gasteiger partial charge in [-0.05, 0) is 20.8 Å². The van der Waals surface area contributed by atoms with E-state index in [0.717, 1.165) is 0 Å². The summed E-state index contributed by atoms with van der Waals surface area (Å²) in [5.74, 6) is -0.394. The van der Waals surface area contributed by atoms with Gasteiger partial charge in [-0.25, -0.2) is 4.79 Å². The summed E-state index contributed by atoms with van der Waals surface area (Å²) in [5.41, 5.74) is -0.881. The van der Waals surface area contributed by atoms with Crippen molar-refractivity contribution in [1.29, 1.82) is 0 Å². The lowest BCUT2D eigenvalue weighted by Gasteiger charge is -2.23. The number of alkyl carbamates (subject to hydrolysis) is 1. The standard InChI is InChI=1S/C9H16NO4/c1-5-13-7(11)6-9(2,3)14-8(12)10-4/h4-6H2,1-3H3,(H,10,12). The molecule has 0 aromatic rings. The second-order valence-corrected chi connectivity index (χ2v) is 3.31. The molecule has 0 aromatic carbocycles. The molecule has 1 N–H and O–H groups in total. The van der Waals surface area contributed by atoms with Gasteiger partial charge in [-0.1, -0.05) is 0 Å². The molecule has 0 aromatic heterocycles. The van der Waals surface area contributed by atoms with Crippen LogP contribution in [0.5, 0.6) is 0 Å². The minimum atomic E-state index is -0.881. The Bertz CT molecular complexity index is 213. The van der Waals surface area contributed by atoms with Crippen LogP contribution in [0.3, 0.4) is 0 Å². The fourth-order valence-corrected chi connectivity index (χ4v) is 0.883. The van der Waals surface area contributed by atoms with Crippen molar-refractivity contribution in [2.75, 3.05) is 6.61 Å². The van der Waals surface area contributed by atoms with Crippen LogP contribution in [-0.2, 0) is 14.3 Å². The molecule has 5 nitrogen and oxygen atoms in total. The highest BCUT2D eigenvalue weighted by molar-refractivity contribution is 5.72. The van der Waals surface area contributed by atoms with Crippen LogP contribution in [0.2, 0.25) is 0 Å². The summed E-state index contributed by atoms with van der Waals surface area (Å²) in [6.07, 6.45) is -0.645. The normalized spacial score (nSPS) is 10.6. The zero-order valence-corrected chi connectivity index (χ0v) is 8.75. The zero-order valence-electron chi connectivity index (χ0n) is 8.75. The molecule has 0 aliphatic carbocycles. The molecule has 0 fully saturated rings. The molecule has 14 heavy (non-hydrogen) atoms. The number of nitrogens with one attached hydrogen (secondary N) is 1. The second-order valence-electron chi connectivity index (χ2n) is 3.31. The van der Waals surface area contributed by atoms with Crippen LogP contribution in [0.4, 0.5) is 4.79 Å². The highest BCUT2D eigenvalue weighted by Gasteiger charge is 2.26. The van der Waals surface area contributed by atoms with E-state index in [-0.39, 0.29) is 6.42 Å². The Kier molecular flexibility index (Phi) is 4.97. The predicted molar refractivity (Wildman–Crippen MR) is 50.3 cm³/mol. The topological polar surface area (TPSA) is 64.6 Å². The van der Waals surface area contributed by atoms with Crippen molar-refractivity contribution in [1.82, 2.24) is 5.32 Å². The van der Waals surface area contributed by atoms with Gasteiger partial charge in [-0.15, -0.1) is 0 Å². The molecule has 0 aliphatic heterocycles. The molecule has 0 spiro atoms. The van der Waals surface area contributed by atoms with Crippen molar-refractivity contribution in [2.45, 2.75) is 32.8 Å². The number of hydrogen-bond acceptors (Lipinski definition) is 4. The van der Waals surface area contributed by atoms with Gasteiger partial charge in [-0.3, -0.25) is 4.79 Å². The Morgan fingerprint density at radius 3 is 2.43 bits per heavy atom. The van der Waals surface area contributed by atoms with Gasteiger partial charge in [0.25, 0.3) is 0 Å². The monoisotopic (exact) mass is 202 g/mol. The van der Waals surface area contributed by atoms with Gasteiger partial charge in [-0.2, -0.15) is 0 Å². The third-order valence-electron chi connectivity index (χ3n) is 1.39. The highest BCUT2D eigenvalue weighted by Crippen LogP contribution is 2.15. The van der Waals surface area contributed by atoms with Crippen molar-refractivity contribution in [2.24, 2.45) is 0 Å². The van der Waals surface area contributed by atoms with E-state index in [4.69, 9.17) is 9.47 Å². The van der Waals surface area contributed by atoms with Crippen LogP contribution in [0, 0.1) is 7.05 Å². The summed E-state index contributed by atoms with van der Waals surface area (Å²) in [6, 6.07) is 0. The number of hydrogen-bond donors (Lipinski definition) is 1. The largest absolute Gasteiger partial charge is 0.466 e. The summed E-state index contributed by atoms with van der Waals surface area (Å²) >= 11 is 0. The summed E-state index contributed by atoms with van der Waals surface area (Å²) < 4.78 is 9.62. The van der Waals surface area contributed by atoms with Gasteiger partial charge >= 0.3 is 12.1 Å². The van der Waals surface area contributed by atoms with Gasteiger partial charge in [0.2, 0.25) is 0 Å². The lowest BCUT2D eigenvalue weighted by atomic mass is 10.1. The van der Waals surface area contributed by atoms with E-state index < -0.39 is 17.7 Å². The summed E-state index contributed by atoms with van der Waals surface area (Å²) in [4.78, 5) is 21.9. The first-order chi connectivity index (χ1) is 6.41. The number of ether oxygens (including phenoxy) is 2. The van der Waals surface area contributed by atoms with E-state index in [1.807, 2.05) is 0 Å². The van der Waals surface area contributed by atoms with Gasteiger partial charge in [0.15, 0.2) is 0 Å². The first-order valence-electron chi connectivity index (χ1n) is 4.33. The van der Waals surface area contributed by atoms with Gasteiger partial charge in [0.1, 0.15) is 5.60 Å². The van der Waals surface area contributed by atoms with Gasteiger partial charge < -0.3 is 14.8 Å². The van der Waals surface area contributed by atoms with E-state index in [1.165, 1.54) is 0 Å². The fraction of sp³-hybridized carbons (Fsp3) is 0.667. The average Bonchev–Trinajstić information content (AvgIpc) is 2.02. The van der Waals surface area contributed by atoms with Crippen molar-refractivity contribution in [3.63, 3.8) is 0 Å². The summed E-state index contributed by atoms with van der Waals surface area (Å²) in [6.45, 7) is 5.28. The Morgan fingerprint density at radius 2 is 2.00 bits per heavy atom. The molecular weight excluding hydrogens is 186 g/mol. The number of esters is 1. The molecule has 5 heteroatoms. The van der Waals surface area contributed by atoms with Crippen LogP contribution < -0.4 is 5.32 Å². The molecule has 0 rings (SSSR count). The van der Waals surface area contributed by atoms with Crippen LogP contribution in [0.1, 0.15) is 27.2 Å². The van der Waals surface area contributed by atoms with Crippen LogP contribution in [0.25, 0.3) is 0 Å². The third-order valence-corrected chi connectivity index (χ3v) is 1.39. The molecule has 0 heterocycles. The number of carbonyl (C=O) groups excluding carboxylic acids is 2. The lowest BCUT2D eigenvalue weighted by molar-refractivity contribution is -0.147. The van der Waals surface area contributed by atoms with Crippen molar-refractivity contribution >= 4 is 12.1 Å². The van der Waals surface area contributed by atoms with E-state index in [0.29, 0.717) is 6.61 Å². The average molecular weight is 202 g/mol. The molecule has 0 saturated carbocycles. The maximum Gasteiger partial charge on any atom is 0.407 e. The maximum atomic E-state index is 11.1. The first kappa shape index (κ1) is 12.7. The molecule has 0 saturated heterocycles. The Labute approximate surface area is 83.8 Å². The third kappa shape index (κ3) is 5.40. The fourth-order valence-electron chi connectivity index (χ4n) is 0.883. The summed E-state index contributed by atoms with van der Waals surface area (Å²) in [5, 5.41) is 2.06. The SMILES string of the molecule is [CH2]NC(=O)OC(C)(C)CC(=O)OCC. The quantitative estimate of drug-likeness (QED) is 0.696. The number of amides is 1. The van der Waals surface area contributed by atoms with E-state index in [9.17, 15) is 9.59 Å². The van der Waals surface area contributed by atoms with Crippen LogP contribution >= 0.6 is 0 Å². The van der Waals surface area contributed by atoms with Crippen molar-refractivity contribution in [3.05, 3.63) is 7.05 Å². The van der Waals surface area contributed by atoms with Gasteiger partial charge in [0, 0.05) is 7.05 Å². The predicted octanol–water partition coefficient (Wildman–Crippen LogP) is 1.24. The Morgan fingerprint density at radius 1 is 1.43 bits per heavy atom. The lowest BCUT2D eigenvalue weighted by Crippen LogP contribution is -2.34. The Balaban J connectivity index is 4.05. The minimum Gasteiger partial charge on any atom is -0.466 e. The highest BCUT2D eigenvalue weighted by atomic mass is 16.6. The molecular formula is C9H16NO4. The van der Waals surface area contributed by atoms with E-state index in [2.05, 4.69) is 12.4 Å². The van der Waals surface area contributed by atoms with Crippen LogP contribution in [0.15, 0.2) is 0 Å². The first-order valence-corrected chi connectivity index (χ1v) is 4.33. The maximum absolute atomic E-state index is 11.1. The van der Waals surface area contributed by atoms with E-state index in [1.54, 1.807) is 20.8 Å². The van der Waals surface area contributed by atoms with E-state index >= 15 is 0 Å². The van der Waals surface area contributed by atoms with Crippen molar-refractivity contribution < 1.29 is 19.1 Å². The smallest absolute Gasteiger partial charge is 0.407 e. The Hall–Kier alpha value is -1.26. The van der Waals surface area contributed by atoms with Crippen molar-refractivity contribution in [3.8, 4) is 0 Å². The van der Waals surface area contributed by atoms with Crippen LogP contribution in [-0.4, -0.2) is 24.3 Å². The summed E-state index contributed by atoms with van der Waals surface area (Å²) in [7, 11) is 3.14. The molecule has 0 atom stereocenters. The zero-order chi connectivity index (χ0) is 11.2. The molecule has 0 unspecified atom stereocenters.